The van der Waals surface area contributed by atoms with Gasteiger partial charge in [-0.25, -0.2) is 0 Å². The van der Waals surface area contributed by atoms with Gasteiger partial charge in [-0.2, -0.15) is 13.2 Å². The Morgan fingerprint density at radius 3 is 2.44 bits per heavy atom. The molecule has 1 atom stereocenters. The van der Waals surface area contributed by atoms with Gasteiger partial charge in [-0.1, -0.05) is 44.4 Å². The summed E-state index contributed by atoms with van der Waals surface area (Å²) in [5.74, 6) is -0.450. The molecule has 8 heteroatoms. The number of thioether (sulfide) groups is 1. The Morgan fingerprint density at radius 1 is 1.03 bits per heavy atom. The molecule has 0 aromatic heterocycles. The van der Waals surface area contributed by atoms with E-state index >= 15 is 0 Å². The first kappa shape index (κ1) is 24.2. The molecule has 1 fully saturated rings. The van der Waals surface area contributed by atoms with Crippen molar-refractivity contribution in [3.63, 3.8) is 0 Å². The zero-order chi connectivity index (χ0) is 23.1. The van der Waals surface area contributed by atoms with Crippen LogP contribution in [0.25, 0.3) is 0 Å². The normalized spacial score (nSPS) is 15.8. The van der Waals surface area contributed by atoms with Crippen LogP contribution in [0.4, 0.5) is 24.5 Å². The molecule has 32 heavy (non-hydrogen) atoms. The van der Waals surface area contributed by atoms with Gasteiger partial charge in [-0.15, -0.1) is 11.8 Å². The summed E-state index contributed by atoms with van der Waals surface area (Å²) in [6, 6.07) is 12.1. The molecule has 1 unspecified atom stereocenters. The van der Waals surface area contributed by atoms with Gasteiger partial charge in [0, 0.05) is 16.5 Å². The molecule has 2 N–H and O–H groups in total. The van der Waals surface area contributed by atoms with Crippen molar-refractivity contribution >= 4 is 35.0 Å². The number of amides is 2. The molecule has 1 aliphatic carbocycles. The van der Waals surface area contributed by atoms with Crippen LogP contribution < -0.4 is 10.6 Å². The highest BCUT2D eigenvalue weighted by Crippen LogP contribution is 2.35. The molecule has 172 valence electrons. The minimum atomic E-state index is -4.55. The second kappa shape index (κ2) is 10.9. The molecule has 0 spiro atoms. The molecule has 0 aliphatic heterocycles. The van der Waals surface area contributed by atoms with Crippen molar-refractivity contribution in [2.24, 2.45) is 5.92 Å². The van der Waals surface area contributed by atoms with E-state index in [0.717, 1.165) is 36.6 Å². The van der Waals surface area contributed by atoms with Gasteiger partial charge in [-0.3, -0.25) is 9.59 Å². The summed E-state index contributed by atoms with van der Waals surface area (Å²) in [5.41, 5.74) is -0.471. The number of rotatable bonds is 7. The number of carbonyl (C=O) groups is 2. The van der Waals surface area contributed by atoms with Crippen LogP contribution in [0.3, 0.4) is 0 Å². The highest BCUT2D eigenvalue weighted by atomic mass is 32.2. The van der Waals surface area contributed by atoms with Crippen LogP contribution in [0.2, 0.25) is 0 Å². The number of halogens is 3. The Bertz CT molecular complexity index is 943. The van der Waals surface area contributed by atoms with Crippen molar-refractivity contribution in [2.75, 3.05) is 10.6 Å². The maximum Gasteiger partial charge on any atom is 0.418 e. The minimum Gasteiger partial charge on any atom is -0.326 e. The van der Waals surface area contributed by atoms with Crippen molar-refractivity contribution < 1.29 is 22.8 Å². The molecule has 0 saturated heterocycles. The first-order valence-electron chi connectivity index (χ1n) is 10.8. The maximum absolute atomic E-state index is 13.2. The second-order valence-electron chi connectivity index (χ2n) is 7.90. The van der Waals surface area contributed by atoms with E-state index in [4.69, 9.17) is 0 Å². The van der Waals surface area contributed by atoms with Crippen LogP contribution >= 0.6 is 11.8 Å². The summed E-state index contributed by atoms with van der Waals surface area (Å²) >= 11 is 1.26. The van der Waals surface area contributed by atoms with Crippen LogP contribution in [-0.4, -0.2) is 17.1 Å². The highest BCUT2D eigenvalue weighted by Gasteiger charge is 2.34. The summed E-state index contributed by atoms with van der Waals surface area (Å²) in [6.07, 6.45) is 0.990. The van der Waals surface area contributed by atoms with Crippen LogP contribution in [0, 0.1) is 5.92 Å². The number of alkyl halides is 3. The van der Waals surface area contributed by atoms with Crippen LogP contribution in [0.1, 0.15) is 51.0 Å². The lowest BCUT2D eigenvalue weighted by atomic mass is 9.88. The third-order valence-electron chi connectivity index (χ3n) is 5.51. The topological polar surface area (TPSA) is 58.2 Å². The van der Waals surface area contributed by atoms with Gasteiger partial charge >= 0.3 is 6.18 Å². The van der Waals surface area contributed by atoms with E-state index < -0.39 is 22.9 Å². The number of anilines is 2. The zero-order valence-corrected chi connectivity index (χ0v) is 18.7. The maximum atomic E-state index is 13.2. The Labute approximate surface area is 190 Å². The molecule has 3 rings (SSSR count). The van der Waals surface area contributed by atoms with Crippen molar-refractivity contribution in [1.82, 2.24) is 0 Å². The van der Waals surface area contributed by atoms with E-state index in [1.807, 2.05) is 13.0 Å². The van der Waals surface area contributed by atoms with Crippen LogP contribution in [0.5, 0.6) is 0 Å². The third-order valence-corrected chi connectivity index (χ3v) is 6.87. The average Bonchev–Trinajstić information content (AvgIpc) is 2.78. The number of hydrogen-bond donors (Lipinski definition) is 2. The van der Waals surface area contributed by atoms with E-state index in [9.17, 15) is 22.8 Å². The predicted octanol–water partition coefficient (Wildman–Crippen LogP) is 6.73. The lowest BCUT2D eigenvalue weighted by Gasteiger charge is -2.21. The molecule has 0 heterocycles. The van der Waals surface area contributed by atoms with Crippen molar-refractivity contribution in [2.45, 2.75) is 61.8 Å². The van der Waals surface area contributed by atoms with E-state index in [2.05, 4.69) is 10.6 Å². The van der Waals surface area contributed by atoms with Crippen molar-refractivity contribution in [1.29, 1.82) is 0 Å². The van der Waals surface area contributed by atoms with Crippen LogP contribution in [0.15, 0.2) is 53.4 Å². The highest BCUT2D eigenvalue weighted by molar-refractivity contribution is 8.00. The van der Waals surface area contributed by atoms with Gasteiger partial charge in [0.1, 0.15) is 0 Å². The second-order valence-corrected chi connectivity index (χ2v) is 9.18. The lowest BCUT2D eigenvalue weighted by Crippen LogP contribution is -2.26. The molecule has 2 aromatic carbocycles. The minimum absolute atomic E-state index is 0.0143. The Morgan fingerprint density at radius 2 is 1.75 bits per heavy atom. The molecule has 0 bridgehead atoms. The molecule has 2 aromatic rings. The monoisotopic (exact) mass is 464 g/mol. The smallest absolute Gasteiger partial charge is 0.326 e. The number of nitrogens with one attached hydrogen (secondary N) is 2. The Hall–Kier alpha value is -2.48. The predicted molar refractivity (Wildman–Crippen MR) is 122 cm³/mol. The molecule has 0 radical (unpaired) electrons. The fraction of sp³-hybridized carbons (Fsp3) is 0.417. The summed E-state index contributed by atoms with van der Waals surface area (Å²) < 4.78 is 39.7. The van der Waals surface area contributed by atoms with Gasteiger partial charge in [0.15, 0.2) is 0 Å². The van der Waals surface area contributed by atoms with Gasteiger partial charge < -0.3 is 10.6 Å². The molecule has 4 nitrogen and oxygen atoms in total. The number of carbonyl (C=O) groups excluding carboxylic acids is 2. The van der Waals surface area contributed by atoms with Gasteiger partial charge in [0.25, 0.3) is 0 Å². The summed E-state index contributed by atoms with van der Waals surface area (Å²) in [6.45, 7) is 1.81. The van der Waals surface area contributed by atoms with E-state index in [1.54, 1.807) is 18.2 Å². The molecule has 1 aliphatic rings. The Kier molecular flexibility index (Phi) is 8.23. The lowest BCUT2D eigenvalue weighted by molar-refractivity contribution is -0.137. The first-order valence-corrected chi connectivity index (χ1v) is 11.7. The molecular formula is C24H27F3N2O2S. The van der Waals surface area contributed by atoms with Crippen molar-refractivity contribution in [3.05, 3.63) is 54.1 Å². The molecular weight excluding hydrogens is 437 g/mol. The third kappa shape index (κ3) is 6.51. The van der Waals surface area contributed by atoms with Crippen molar-refractivity contribution in [3.8, 4) is 0 Å². The number of para-hydroxylation sites is 1. The molecule has 2 amide bonds. The summed E-state index contributed by atoms with van der Waals surface area (Å²) in [4.78, 5) is 26.0. The molecule has 1 saturated carbocycles. The quantitative estimate of drug-likeness (QED) is 0.447. The zero-order valence-electron chi connectivity index (χ0n) is 17.9. The largest absolute Gasteiger partial charge is 0.418 e. The number of hydrogen-bond acceptors (Lipinski definition) is 3. The summed E-state index contributed by atoms with van der Waals surface area (Å²) in [7, 11) is 0. The number of benzene rings is 2. The van der Waals surface area contributed by atoms with Crippen LogP contribution in [-0.2, 0) is 15.8 Å². The summed E-state index contributed by atoms with van der Waals surface area (Å²) in [5, 5.41) is 4.80. The van der Waals surface area contributed by atoms with E-state index in [1.165, 1.54) is 36.4 Å². The average molecular weight is 465 g/mol. The first-order chi connectivity index (χ1) is 15.3. The van der Waals surface area contributed by atoms with Gasteiger partial charge in [0.05, 0.1) is 16.5 Å². The standard InChI is InChI=1S/C24H27F3N2O2S/c1-2-21(23(31)29-20-14-7-6-13-19(20)24(25,26)27)32-18-12-8-11-17(15-18)28-22(30)16-9-4-3-5-10-16/h6-8,11-16,21H,2-5,9-10H2,1H3,(H,28,30)(H,29,31). The van der Waals surface area contributed by atoms with E-state index in [0.29, 0.717) is 12.1 Å². The Balaban J connectivity index is 1.66. The fourth-order valence-electron chi connectivity index (χ4n) is 3.80. The fourth-order valence-corrected chi connectivity index (χ4v) is 4.81. The van der Waals surface area contributed by atoms with Gasteiger partial charge in [0.2, 0.25) is 11.8 Å². The van der Waals surface area contributed by atoms with Gasteiger partial charge in [-0.05, 0) is 49.6 Å². The SMILES string of the molecule is CCC(Sc1cccc(NC(=O)C2CCCCC2)c1)C(=O)Nc1ccccc1C(F)(F)F. The van der Waals surface area contributed by atoms with E-state index in [-0.39, 0.29) is 17.5 Å².